The molecule has 4 nitrogen and oxygen atoms in total. The molecule has 0 bridgehead atoms. The fraction of sp³-hybridized carbons (Fsp3) is 0.200. The average Bonchev–Trinajstić information content (AvgIpc) is 3.19. The van der Waals surface area contributed by atoms with E-state index in [2.05, 4.69) is 49.5 Å². The molecule has 0 saturated carbocycles. The van der Waals surface area contributed by atoms with E-state index in [1.165, 1.54) is 11.3 Å². The zero-order valence-electron chi connectivity index (χ0n) is 10.9. The summed E-state index contributed by atoms with van der Waals surface area (Å²) in [6.07, 6.45) is 4.57. The highest BCUT2D eigenvalue weighted by Gasteiger charge is 2.35. The van der Waals surface area contributed by atoms with Crippen LogP contribution in [0.15, 0.2) is 53.3 Å². The number of hydrogen-bond acceptors (Lipinski definition) is 4. The van der Waals surface area contributed by atoms with Crippen molar-refractivity contribution in [2.75, 3.05) is 6.54 Å². The van der Waals surface area contributed by atoms with Crippen LogP contribution in [0, 0.1) is 0 Å². The molecule has 20 heavy (non-hydrogen) atoms. The number of fused-ring (bicyclic) bond motifs is 1. The van der Waals surface area contributed by atoms with Gasteiger partial charge in [-0.15, -0.1) is 0 Å². The molecule has 5 heteroatoms. The molecule has 2 aromatic rings. The average molecular weight is 282 g/mol. The second-order valence-electron chi connectivity index (χ2n) is 4.92. The van der Waals surface area contributed by atoms with Crippen LogP contribution in [-0.2, 0) is 6.42 Å². The molecular weight excluding hydrogens is 268 g/mol. The smallest absolute Gasteiger partial charge is 0.168 e. The van der Waals surface area contributed by atoms with Gasteiger partial charge in [0, 0.05) is 23.7 Å². The predicted octanol–water partition coefficient (Wildman–Crippen LogP) is 2.74. The van der Waals surface area contributed by atoms with E-state index in [0.29, 0.717) is 6.04 Å². The molecule has 0 saturated heterocycles. The summed E-state index contributed by atoms with van der Waals surface area (Å²) in [5.74, 6) is 0. The van der Waals surface area contributed by atoms with Crippen LogP contribution in [-0.4, -0.2) is 32.6 Å². The van der Waals surface area contributed by atoms with Crippen LogP contribution in [0.1, 0.15) is 11.3 Å². The minimum Gasteiger partial charge on any atom is -0.348 e. The molecule has 2 aliphatic heterocycles. The first-order chi connectivity index (χ1) is 9.92. The Balaban J connectivity index is 1.61. The number of amidine groups is 1. The van der Waals surface area contributed by atoms with Crippen LogP contribution in [0.2, 0.25) is 0 Å². The van der Waals surface area contributed by atoms with Gasteiger partial charge in [0.1, 0.15) is 0 Å². The van der Waals surface area contributed by atoms with Crippen molar-refractivity contribution in [2.45, 2.75) is 12.5 Å². The van der Waals surface area contributed by atoms with Gasteiger partial charge in [-0.25, -0.2) is 4.98 Å². The summed E-state index contributed by atoms with van der Waals surface area (Å²) in [4.78, 5) is 14.3. The second-order valence-corrected chi connectivity index (χ2v) is 5.75. The molecule has 0 radical (unpaired) electrons. The SMILES string of the molecule is C1=C(c2ccccc2)N2C(=NC[C@H]2Cc2cnc[nH]2)S1. The third-order valence-electron chi connectivity index (χ3n) is 3.62. The monoisotopic (exact) mass is 282 g/mol. The van der Waals surface area contributed by atoms with Crippen molar-refractivity contribution < 1.29 is 0 Å². The molecule has 100 valence electrons. The van der Waals surface area contributed by atoms with Gasteiger partial charge in [0.25, 0.3) is 0 Å². The molecule has 1 aromatic carbocycles. The first kappa shape index (κ1) is 11.8. The lowest BCUT2D eigenvalue weighted by molar-refractivity contribution is 0.459. The Bertz CT molecular complexity index is 660. The minimum absolute atomic E-state index is 0.381. The van der Waals surface area contributed by atoms with Gasteiger partial charge in [-0.2, -0.15) is 0 Å². The summed E-state index contributed by atoms with van der Waals surface area (Å²) in [6, 6.07) is 10.9. The molecule has 0 amide bonds. The third kappa shape index (κ3) is 1.94. The number of benzene rings is 1. The van der Waals surface area contributed by atoms with Crippen LogP contribution in [0.4, 0.5) is 0 Å². The van der Waals surface area contributed by atoms with Crippen molar-refractivity contribution in [3.63, 3.8) is 0 Å². The van der Waals surface area contributed by atoms with E-state index in [1.54, 1.807) is 18.1 Å². The van der Waals surface area contributed by atoms with E-state index < -0.39 is 0 Å². The molecule has 0 spiro atoms. The fourth-order valence-electron chi connectivity index (χ4n) is 2.68. The zero-order valence-corrected chi connectivity index (χ0v) is 11.7. The van der Waals surface area contributed by atoms with Crippen LogP contribution in [0.3, 0.4) is 0 Å². The van der Waals surface area contributed by atoms with Crippen LogP contribution in [0.5, 0.6) is 0 Å². The Labute approximate surface area is 121 Å². The van der Waals surface area contributed by atoms with Crippen molar-refractivity contribution in [1.82, 2.24) is 14.9 Å². The van der Waals surface area contributed by atoms with Crippen molar-refractivity contribution in [3.8, 4) is 0 Å². The van der Waals surface area contributed by atoms with E-state index in [1.807, 2.05) is 12.3 Å². The summed E-state index contributed by atoms with van der Waals surface area (Å²) in [6.45, 7) is 0.853. The van der Waals surface area contributed by atoms with Crippen molar-refractivity contribution in [2.24, 2.45) is 4.99 Å². The fourth-order valence-corrected chi connectivity index (χ4v) is 3.66. The molecule has 1 atom stereocenters. The van der Waals surface area contributed by atoms with Gasteiger partial charge in [0.05, 0.1) is 24.6 Å². The molecule has 0 aliphatic carbocycles. The molecule has 1 aromatic heterocycles. The number of hydrogen-bond donors (Lipinski definition) is 1. The first-order valence-corrected chi connectivity index (χ1v) is 7.53. The first-order valence-electron chi connectivity index (χ1n) is 6.65. The van der Waals surface area contributed by atoms with Crippen molar-refractivity contribution >= 4 is 22.6 Å². The summed E-state index contributed by atoms with van der Waals surface area (Å²) >= 11 is 1.72. The lowest BCUT2D eigenvalue weighted by Crippen LogP contribution is -2.33. The summed E-state index contributed by atoms with van der Waals surface area (Å²) in [5, 5.41) is 3.32. The minimum atomic E-state index is 0.381. The largest absolute Gasteiger partial charge is 0.348 e. The van der Waals surface area contributed by atoms with Gasteiger partial charge >= 0.3 is 0 Å². The lowest BCUT2D eigenvalue weighted by Gasteiger charge is -2.25. The van der Waals surface area contributed by atoms with E-state index in [4.69, 9.17) is 0 Å². The summed E-state index contributed by atoms with van der Waals surface area (Å²) in [5.41, 5.74) is 3.67. The highest BCUT2D eigenvalue weighted by Crippen LogP contribution is 2.38. The van der Waals surface area contributed by atoms with E-state index in [0.717, 1.165) is 23.8 Å². The van der Waals surface area contributed by atoms with Crippen molar-refractivity contribution in [3.05, 3.63) is 59.5 Å². The standard InChI is InChI=1S/C15H14N4S/c1-2-4-11(5-3-1)14-9-20-15-17-8-13(19(14)15)6-12-7-16-10-18-12/h1-5,7,9-10,13H,6,8H2,(H,16,18)/t13-/m1/s1. The van der Waals surface area contributed by atoms with E-state index in [-0.39, 0.29) is 0 Å². The second kappa shape index (κ2) is 4.83. The van der Waals surface area contributed by atoms with Gasteiger partial charge in [-0.05, 0) is 5.56 Å². The number of aromatic nitrogens is 2. The molecule has 0 fully saturated rings. The molecule has 4 rings (SSSR count). The number of aromatic amines is 1. The molecule has 1 N–H and O–H groups in total. The maximum absolute atomic E-state index is 4.65. The zero-order chi connectivity index (χ0) is 13.4. The third-order valence-corrected chi connectivity index (χ3v) is 4.50. The number of thioether (sulfide) groups is 1. The van der Waals surface area contributed by atoms with Gasteiger partial charge < -0.3 is 9.88 Å². The van der Waals surface area contributed by atoms with Gasteiger partial charge in [0.15, 0.2) is 5.17 Å². The normalized spacial score (nSPS) is 20.8. The van der Waals surface area contributed by atoms with Crippen LogP contribution in [0.25, 0.3) is 5.70 Å². The van der Waals surface area contributed by atoms with E-state index in [9.17, 15) is 0 Å². The lowest BCUT2D eigenvalue weighted by atomic mass is 10.1. The molecule has 2 aliphatic rings. The Morgan fingerprint density at radius 2 is 2.20 bits per heavy atom. The summed E-state index contributed by atoms with van der Waals surface area (Å²) in [7, 11) is 0. The molecule has 0 unspecified atom stereocenters. The predicted molar refractivity (Wildman–Crippen MR) is 82.2 cm³/mol. The summed E-state index contributed by atoms with van der Waals surface area (Å²) < 4.78 is 0. The van der Waals surface area contributed by atoms with Gasteiger partial charge in [0.2, 0.25) is 0 Å². The number of imidazole rings is 1. The van der Waals surface area contributed by atoms with Crippen molar-refractivity contribution in [1.29, 1.82) is 0 Å². The number of rotatable bonds is 3. The van der Waals surface area contributed by atoms with Crippen LogP contribution >= 0.6 is 11.8 Å². The Hall–Kier alpha value is -2.01. The van der Waals surface area contributed by atoms with Gasteiger partial charge in [-0.3, -0.25) is 4.99 Å². The number of nitrogens with one attached hydrogen (secondary N) is 1. The molecular formula is C15H14N4S. The number of nitrogens with zero attached hydrogens (tertiary/aromatic N) is 3. The molecule has 3 heterocycles. The Morgan fingerprint density at radius 3 is 3.00 bits per heavy atom. The Kier molecular flexibility index (Phi) is 2.85. The maximum atomic E-state index is 4.65. The topological polar surface area (TPSA) is 44.3 Å². The van der Waals surface area contributed by atoms with E-state index >= 15 is 0 Å². The maximum Gasteiger partial charge on any atom is 0.168 e. The quantitative estimate of drug-likeness (QED) is 0.941. The number of H-pyrrole nitrogens is 1. The number of aliphatic imine (C=N–C) groups is 1. The highest BCUT2D eigenvalue weighted by molar-refractivity contribution is 8.16. The van der Waals surface area contributed by atoms with Gasteiger partial charge in [-0.1, -0.05) is 42.1 Å². The van der Waals surface area contributed by atoms with Crippen LogP contribution < -0.4 is 0 Å². The Morgan fingerprint density at radius 1 is 1.30 bits per heavy atom. The highest BCUT2D eigenvalue weighted by atomic mass is 32.2.